The van der Waals surface area contributed by atoms with Gasteiger partial charge in [-0.1, -0.05) is 34.6 Å². The van der Waals surface area contributed by atoms with E-state index in [0.717, 1.165) is 5.75 Å². The maximum absolute atomic E-state index is 11.0. The van der Waals surface area contributed by atoms with Crippen molar-refractivity contribution in [1.82, 2.24) is 0 Å². The lowest BCUT2D eigenvalue weighted by Crippen LogP contribution is -2.22. The van der Waals surface area contributed by atoms with E-state index in [4.69, 9.17) is 0 Å². The third-order valence-corrected chi connectivity index (χ3v) is 3.42. The first-order valence-electron chi connectivity index (χ1n) is 4.76. The molecule has 0 saturated heterocycles. The van der Waals surface area contributed by atoms with Gasteiger partial charge in [-0.25, -0.2) is 0 Å². The van der Waals surface area contributed by atoms with Crippen molar-refractivity contribution in [2.24, 2.45) is 5.41 Å². The lowest BCUT2D eigenvalue weighted by Gasteiger charge is -2.27. The van der Waals surface area contributed by atoms with Crippen LogP contribution >= 0.6 is 11.8 Å². The molecule has 1 nitrogen and oxygen atoms in total. The monoisotopic (exact) mass is 202 g/mol. The van der Waals surface area contributed by atoms with Crippen LogP contribution in [0.1, 0.15) is 48.0 Å². The van der Waals surface area contributed by atoms with Crippen LogP contribution in [0.5, 0.6) is 0 Å². The average Bonchev–Trinajstić information content (AvgIpc) is 1.79. The van der Waals surface area contributed by atoms with E-state index in [1.807, 2.05) is 11.8 Å². The zero-order valence-electron chi connectivity index (χ0n) is 9.73. The zero-order valence-corrected chi connectivity index (χ0v) is 10.5. The Bertz CT molecular complexity index is 177. The van der Waals surface area contributed by atoms with E-state index in [-0.39, 0.29) is 5.41 Å². The maximum atomic E-state index is 11.0. The van der Waals surface area contributed by atoms with Crippen LogP contribution in [0, 0.1) is 5.41 Å². The average molecular weight is 202 g/mol. The first-order chi connectivity index (χ1) is 5.62. The van der Waals surface area contributed by atoms with Gasteiger partial charge in [0.2, 0.25) is 0 Å². The van der Waals surface area contributed by atoms with Gasteiger partial charge in [0.15, 0.2) is 0 Å². The normalized spacial score (nSPS) is 13.1. The van der Waals surface area contributed by atoms with E-state index in [9.17, 15) is 4.79 Å². The Labute approximate surface area is 86.7 Å². The number of Topliss-reactive ketones (excluding diaryl/α,β-unsaturated/α-hetero) is 1. The summed E-state index contributed by atoms with van der Waals surface area (Å²) >= 11 is 1.93. The second-order valence-corrected chi connectivity index (χ2v) is 7.25. The fraction of sp³-hybridized carbons (Fsp3) is 0.909. The molecule has 0 unspecified atom stereocenters. The van der Waals surface area contributed by atoms with Crippen LogP contribution in [0.3, 0.4) is 0 Å². The molecule has 2 heteroatoms. The third-order valence-electron chi connectivity index (χ3n) is 1.62. The largest absolute Gasteiger partial charge is 0.300 e. The van der Waals surface area contributed by atoms with Crippen LogP contribution in [0.15, 0.2) is 0 Å². The summed E-state index contributed by atoms with van der Waals surface area (Å²) in [4.78, 5) is 11.0. The highest BCUT2D eigenvalue weighted by atomic mass is 32.2. The number of hydrogen-bond donors (Lipinski definition) is 0. The van der Waals surface area contributed by atoms with Crippen LogP contribution < -0.4 is 0 Å². The van der Waals surface area contributed by atoms with Crippen LogP contribution in [0.2, 0.25) is 0 Å². The second kappa shape index (κ2) is 4.50. The van der Waals surface area contributed by atoms with E-state index in [1.54, 1.807) is 6.92 Å². The van der Waals surface area contributed by atoms with Gasteiger partial charge in [0.1, 0.15) is 5.78 Å². The molecular weight excluding hydrogens is 180 g/mol. The number of ketones is 1. The molecule has 0 aliphatic carbocycles. The van der Waals surface area contributed by atoms with Gasteiger partial charge in [-0.15, -0.1) is 0 Å². The molecule has 0 radical (unpaired) electrons. The number of rotatable bonds is 4. The summed E-state index contributed by atoms with van der Waals surface area (Å²) in [6, 6.07) is 0. The van der Waals surface area contributed by atoms with Gasteiger partial charge in [-0.3, -0.25) is 0 Å². The highest BCUT2D eigenvalue weighted by Gasteiger charge is 2.23. The van der Waals surface area contributed by atoms with Crippen molar-refractivity contribution in [2.45, 2.75) is 52.7 Å². The lowest BCUT2D eigenvalue weighted by molar-refractivity contribution is -0.118. The van der Waals surface area contributed by atoms with Gasteiger partial charge < -0.3 is 4.79 Å². The first kappa shape index (κ1) is 13.0. The molecule has 13 heavy (non-hydrogen) atoms. The standard InChI is InChI=1S/C11H22OS/c1-9(12)7-11(5,6)8-13-10(2,3)4/h7-8H2,1-6H3. The van der Waals surface area contributed by atoms with Crippen molar-refractivity contribution >= 4 is 17.5 Å². The van der Waals surface area contributed by atoms with E-state index in [1.165, 1.54) is 0 Å². The molecule has 0 saturated carbocycles. The van der Waals surface area contributed by atoms with Gasteiger partial charge in [-0.2, -0.15) is 11.8 Å². The van der Waals surface area contributed by atoms with Crippen molar-refractivity contribution in [3.05, 3.63) is 0 Å². The Morgan fingerprint density at radius 1 is 1.15 bits per heavy atom. The van der Waals surface area contributed by atoms with E-state index >= 15 is 0 Å². The number of carbonyl (C=O) groups excluding carboxylic acids is 1. The zero-order chi connectivity index (χ0) is 10.7. The molecule has 78 valence electrons. The molecule has 0 aromatic rings. The Kier molecular flexibility index (Phi) is 4.50. The topological polar surface area (TPSA) is 17.1 Å². The first-order valence-corrected chi connectivity index (χ1v) is 5.74. The summed E-state index contributed by atoms with van der Waals surface area (Å²) in [5.41, 5.74) is 0.143. The summed E-state index contributed by atoms with van der Waals surface area (Å²) in [5, 5.41) is 0. The molecule has 0 aromatic heterocycles. The minimum absolute atomic E-state index is 0.143. The highest BCUT2D eigenvalue weighted by molar-refractivity contribution is 8.00. The maximum Gasteiger partial charge on any atom is 0.130 e. The van der Waals surface area contributed by atoms with Gasteiger partial charge in [0.05, 0.1) is 0 Å². The van der Waals surface area contributed by atoms with Crippen LogP contribution in [-0.4, -0.2) is 16.3 Å². The molecule has 0 aromatic carbocycles. The van der Waals surface area contributed by atoms with Gasteiger partial charge >= 0.3 is 0 Å². The summed E-state index contributed by atoms with van der Waals surface area (Å²) in [6.45, 7) is 12.6. The minimum atomic E-state index is 0.143. The number of hydrogen-bond acceptors (Lipinski definition) is 2. The molecule has 0 spiro atoms. The molecule has 0 N–H and O–H groups in total. The molecule has 0 rings (SSSR count). The fourth-order valence-electron chi connectivity index (χ4n) is 1.14. The molecule has 0 aliphatic rings. The molecular formula is C11H22OS. The third kappa shape index (κ3) is 8.35. The molecule has 0 bridgehead atoms. The molecule has 0 heterocycles. The van der Waals surface area contributed by atoms with Gasteiger partial charge in [0.25, 0.3) is 0 Å². The Balaban J connectivity index is 3.96. The van der Waals surface area contributed by atoms with Crippen molar-refractivity contribution in [1.29, 1.82) is 0 Å². The van der Waals surface area contributed by atoms with Gasteiger partial charge in [0, 0.05) is 11.2 Å². The van der Waals surface area contributed by atoms with Crippen molar-refractivity contribution in [3.8, 4) is 0 Å². The summed E-state index contributed by atoms with van der Waals surface area (Å²) in [6.07, 6.45) is 0.691. The van der Waals surface area contributed by atoms with Crippen LogP contribution in [0.4, 0.5) is 0 Å². The number of thioether (sulfide) groups is 1. The predicted octanol–water partition coefficient (Wildman–Crippen LogP) is 3.52. The van der Waals surface area contributed by atoms with Gasteiger partial charge in [-0.05, 0) is 18.1 Å². The second-order valence-electron chi connectivity index (χ2n) is 5.44. The van der Waals surface area contributed by atoms with E-state index in [0.29, 0.717) is 17.0 Å². The van der Waals surface area contributed by atoms with Crippen molar-refractivity contribution < 1.29 is 4.79 Å². The summed E-state index contributed by atoms with van der Waals surface area (Å²) < 4.78 is 0.300. The van der Waals surface area contributed by atoms with E-state index < -0.39 is 0 Å². The molecule has 0 fully saturated rings. The lowest BCUT2D eigenvalue weighted by atomic mass is 9.90. The summed E-state index contributed by atoms with van der Waals surface area (Å²) in [7, 11) is 0. The fourth-order valence-corrected chi connectivity index (χ4v) is 2.06. The quantitative estimate of drug-likeness (QED) is 0.694. The van der Waals surface area contributed by atoms with E-state index in [2.05, 4.69) is 34.6 Å². The predicted molar refractivity (Wildman–Crippen MR) is 61.3 cm³/mol. The highest BCUT2D eigenvalue weighted by Crippen LogP contribution is 2.32. The van der Waals surface area contributed by atoms with Crippen LogP contribution in [0.25, 0.3) is 0 Å². The SMILES string of the molecule is CC(=O)CC(C)(C)CSC(C)(C)C. The smallest absolute Gasteiger partial charge is 0.130 e. The Morgan fingerprint density at radius 3 is 1.92 bits per heavy atom. The summed E-state index contributed by atoms with van der Waals surface area (Å²) in [5.74, 6) is 1.34. The van der Waals surface area contributed by atoms with Crippen molar-refractivity contribution in [3.63, 3.8) is 0 Å². The molecule has 0 amide bonds. The Morgan fingerprint density at radius 2 is 1.62 bits per heavy atom. The molecule has 0 aliphatic heterocycles. The van der Waals surface area contributed by atoms with Crippen molar-refractivity contribution in [2.75, 3.05) is 5.75 Å². The van der Waals surface area contributed by atoms with Crippen LogP contribution in [-0.2, 0) is 4.79 Å². The number of carbonyl (C=O) groups is 1. The minimum Gasteiger partial charge on any atom is -0.300 e. The molecule has 0 atom stereocenters. The Hall–Kier alpha value is 0.0200.